The first-order valence-corrected chi connectivity index (χ1v) is 6.02. The number of thiazole rings is 1. The predicted octanol–water partition coefficient (Wildman–Crippen LogP) is 3.07. The lowest BCUT2D eigenvalue weighted by Gasteiger charge is -1.99. The molecule has 14 heavy (non-hydrogen) atoms. The van der Waals surface area contributed by atoms with Crippen LogP contribution in [0, 0.1) is 5.95 Å². The van der Waals surface area contributed by atoms with Crippen LogP contribution < -0.4 is 0 Å². The Morgan fingerprint density at radius 2 is 2.29 bits per heavy atom. The Morgan fingerprint density at radius 1 is 1.43 bits per heavy atom. The Kier molecular flexibility index (Phi) is 2.79. The summed E-state index contributed by atoms with van der Waals surface area (Å²) < 4.78 is 13.4. The molecule has 72 valence electrons. The Balaban J connectivity index is 2.46. The molecule has 0 bridgehead atoms. The van der Waals surface area contributed by atoms with Crippen LogP contribution in [-0.2, 0) is 0 Å². The van der Waals surface area contributed by atoms with Crippen LogP contribution in [0.1, 0.15) is 0 Å². The molecule has 0 saturated carbocycles. The molecule has 2 rings (SSSR count). The first-order valence-electron chi connectivity index (χ1n) is 3.91. The molecule has 0 radical (unpaired) electrons. The van der Waals surface area contributed by atoms with Crippen LogP contribution in [-0.4, -0.2) is 16.2 Å². The smallest absolute Gasteiger partial charge is 0.224 e. The van der Waals surface area contributed by atoms with E-state index in [1.54, 1.807) is 18.3 Å². The molecule has 2 aromatic rings. The Hall–Kier alpha value is -0.940. The monoisotopic (exact) mass is 226 g/mol. The van der Waals surface area contributed by atoms with Crippen molar-refractivity contribution in [2.75, 3.05) is 6.26 Å². The van der Waals surface area contributed by atoms with E-state index in [2.05, 4.69) is 9.97 Å². The summed E-state index contributed by atoms with van der Waals surface area (Å²) in [6, 6.07) is 3.51. The Labute approximate surface area is 89.2 Å². The minimum atomic E-state index is -0.452. The molecule has 0 unspecified atom stereocenters. The number of hydrogen-bond acceptors (Lipinski definition) is 4. The summed E-state index contributed by atoms with van der Waals surface area (Å²) in [5.41, 5.74) is 0.470. The minimum absolute atomic E-state index is 0.452. The minimum Gasteiger partial charge on any atom is -0.244 e. The van der Waals surface area contributed by atoms with E-state index >= 15 is 0 Å². The summed E-state index contributed by atoms with van der Waals surface area (Å²) in [7, 11) is 0. The zero-order valence-electron chi connectivity index (χ0n) is 7.40. The zero-order chi connectivity index (χ0) is 9.97. The summed E-state index contributed by atoms with van der Waals surface area (Å²) in [6.07, 6.45) is 3.52. The van der Waals surface area contributed by atoms with E-state index < -0.39 is 5.95 Å². The van der Waals surface area contributed by atoms with E-state index in [1.807, 2.05) is 11.6 Å². The molecule has 2 aromatic heterocycles. The summed E-state index contributed by atoms with van der Waals surface area (Å²) in [6.45, 7) is 0. The molecule has 0 N–H and O–H groups in total. The topological polar surface area (TPSA) is 25.8 Å². The number of nitrogens with zero attached hydrogens (tertiary/aromatic N) is 2. The second-order valence-electron chi connectivity index (χ2n) is 2.53. The van der Waals surface area contributed by atoms with Crippen molar-refractivity contribution in [3.63, 3.8) is 0 Å². The first kappa shape index (κ1) is 9.61. The highest BCUT2D eigenvalue weighted by molar-refractivity contribution is 7.98. The predicted molar refractivity (Wildman–Crippen MR) is 57.1 cm³/mol. The van der Waals surface area contributed by atoms with Crippen LogP contribution >= 0.6 is 23.1 Å². The van der Waals surface area contributed by atoms with Crippen LogP contribution in [0.25, 0.3) is 10.6 Å². The molecule has 0 atom stereocenters. The molecule has 0 spiro atoms. The maximum atomic E-state index is 13.4. The number of hydrogen-bond donors (Lipinski definition) is 0. The molecule has 0 fully saturated rings. The SMILES string of the molecule is CSc1ccc(-c2nccs2)c(F)n1. The molecule has 0 aliphatic carbocycles. The van der Waals surface area contributed by atoms with Crippen molar-refractivity contribution in [2.24, 2.45) is 0 Å². The number of rotatable bonds is 2. The Morgan fingerprint density at radius 3 is 2.86 bits per heavy atom. The van der Waals surface area contributed by atoms with E-state index in [0.717, 1.165) is 0 Å². The number of halogens is 1. The van der Waals surface area contributed by atoms with Gasteiger partial charge in [0.15, 0.2) is 0 Å². The molecule has 0 aliphatic heterocycles. The summed E-state index contributed by atoms with van der Waals surface area (Å²) in [5, 5.41) is 3.17. The first-order chi connectivity index (χ1) is 6.81. The van der Waals surface area contributed by atoms with Crippen LogP contribution in [0.2, 0.25) is 0 Å². The van der Waals surface area contributed by atoms with Crippen LogP contribution in [0.4, 0.5) is 4.39 Å². The lowest BCUT2D eigenvalue weighted by molar-refractivity contribution is 0.576. The third kappa shape index (κ3) is 1.78. The normalized spacial score (nSPS) is 10.4. The molecule has 5 heteroatoms. The number of thioether (sulfide) groups is 1. The van der Waals surface area contributed by atoms with E-state index in [1.165, 1.54) is 23.1 Å². The van der Waals surface area contributed by atoms with Gasteiger partial charge in [0.05, 0.1) is 10.6 Å². The van der Waals surface area contributed by atoms with Gasteiger partial charge in [-0.1, -0.05) is 0 Å². The fourth-order valence-corrected chi connectivity index (χ4v) is 2.07. The molecule has 0 amide bonds. The van der Waals surface area contributed by atoms with Crippen molar-refractivity contribution in [3.8, 4) is 10.6 Å². The van der Waals surface area contributed by atoms with Crippen molar-refractivity contribution in [3.05, 3.63) is 29.7 Å². The standard InChI is InChI=1S/C9H7FN2S2/c1-13-7-3-2-6(8(10)12-7)9-11-4-5-14-9/h2-5H,1H3. The molecule has 2 heterocycles. The average molecular weight is 226 g/mol. The van der Waals surface area contributed by atoms with Crippen LogP contribution in [0.15, 0.2) is 28.7 Å². The van der Waals surface area contributed by atoms with Gasteiger partial charge in [0, 0.05) is 11.6 Å². The largest absolute Gasteiger partial charge is 0.244 e. The van der Waals surface area contributed by atoms with Gasteiger partial charge in [-0.3, -0.25) is 0 Å². The molecular formula is C9H7FN2S2. The van der Waals surface area contributed by atoms with E-state index in [4.69, 9.17) is 0 Å². The van der Waals surface area contributed by atoms with Gasteiger partial charge in [-0.05, 0) is 18.4 Å². The van der Waals surface area contributed by atoms with Crippen molar-refractivity contribution >= 4 is 23.1 Å². The zero-order valence-corrected chi connectivity index (χ0v) is 9.03. The second kappa shape index (κ2) is 4.06. The van der Waals surface area contributed by atoms with E-state index in [-0.39, 0.29) is 0 Å². The summed E-state index contributed by atoms with van der Waals surface area (Å²) in [4.78, 5) is 7.85. The van der Waals surface area contributed by atoms with Gasteiger partial charge in [0.2, 0.25) is 5.95 Å². The molecule has 2 nitrogen and oxygen atoms in total. The molecule has 0 aliphatic rings. The van der Waals surface area contributed by atoms with Gasteiger partial charge < -0.3 is 0 Å². The molecule has 0 aromatic carbocycles. The van der Waals surface area contributed by atoms with Gasteiger partial charge in [-0.2, -0.15) is 4.39 Å². The third-order valence-electron chi connectivity index (χ3n) is 1.70. The van der Waals surface area contributed by atoms with Gasteiger partial charge >= 0.3 is 0 Å². The van der Waals surface area contributed by atoms with Crippen LogP contribution in [0.3, 0.4) is 0 Å². The van der Waals surface area contributed by atoms with Crippen molar-refractivity contribution in [1.29, 1.82) is 0 Å². The van der Waals surface area contributed by atoms with Crippen molar-refractivity contribution in [2.45, 2.75) is 5.03 Å². The van der Waals surface area contributed by atoms with E-state index in [0.29, 0.717) is 15.6 Å². The highest BCUT2D eigenvalue weighted by atomic mass is 32.2. The third-order valence-corrected chi connectivity index (χ3v) is 3.15. The maximum absolute atomic E-state index is 13.4. The Bertz CT molecular complexity index is 428. The number of pyridine rings is 1. The maximum Gasteiger partial charge on any atom is 0.224 e. The fourth-order valence-electron chi connectivity index (χ4n) is 1.05. The molecular weight excluding hydrogens is 219 g/mol. The van der Waals surface area contributed by atoms with Gasteiger partial charge in [-0.25, -0.2) is 9.97 Å². The highest BCUT2D eigenvalue weighted by Crippen LogP contribution is 2.25. The van der Waals surface area contributed by atoms with Gasteiger partial charge in [0.25, 0.3) is 0 Å². The quantitative estimate of drug-likeness (QED) is 0.581. The van der Waals surface area contributed by atoms with Gasteiger partial charge in [-0.15, -0.1) is 23.1 Å². The van der Waals surface area contributed by atoms with Crippen LogP contribution in [0.5, 0.6) is 0 Å². The van der Waals surface area contributed by atoms with Crippen molar-refractivity contribution in [1.82, 2.24) is 9.97 Å². The molecule has 0 saturated heterocycles. The summed E-state index contributed by atoms with van der Waals surface area (Å²) in [5.74, 6) is -0.452. The lowest BCUT2D eigenvalue weighted by atomic mass is 10.3. The summed E-state index contributed by atoms with van der Waals surface area (Å²) >= 11 is 2.83. The fraction of sp³-hybridized carbons (Fsp3) is 0.111. The van der Waals surface area contributed by atoms with E-state index in [9.17, 15) is 4.39 Å². The van der Waals surface area contributed by atoms with Crippen molar-refractivity contribution < 1.29 is 4.39 Å². The highest BCUT2D eigenvalue weighted by Gasteiger charge is 2.08. The van der Waals surface area contributed by atoms with Gasteiger partial charge in [0.1, 0.15) is 5.01 Å². The lowest BCUT2D eigenvalue weighted by Crippen LogP contribution is -1.89. The second-order valence-corrected chi connectivity index (χ2v) is 4.25. The average Bonchev–Trinajstić information content (AvgIpc) is 2.70. The number of aromatic nitrogens is 2.